The number of amides is 4. The van der Waals surface area contributed by atoms with Crippen LogP contribution in [-0.2, 0) is 19.2 Å². The van der Waals surface area contributed by atoms with Gasteiger partial charge in [0.05, 0.1) is 18.9 Å². The molecule has 0 radical (unpaired) electrons. The molecule has 8 nitrogen and oxygen atoms in total. The minimum atomic E-state index is -1.94. The Hall–Kier alpha value is -2.58. The Morgan fingerprint density at radius 1 is 1.12 bits per heavy atom. The topological polar surface area (TPSA) is 104 Å². The molecule has 6 unspecified atom stereocenters. The van der Waals surface area contributed by atoms with E-state index >= 15 is 0 Å². The Bertz CT molecular complexity index is 1180. The van der Waals surface area contributed by atoms with Crippen molar-refractivity contribution in [1.29, 1.82) is 0 Å². The van der Waals surface area contributed by atoms with E-state index in [0.717, 1.165) is 4.90 Å². The molecule has 0 aromatic heterocycles. The van der Waals surface area contributed by atoms with E-state index in [1.54, 1.807) is 19.1 Å². The molecule has 34 heavy (non-hydrogen) atoms. The van der Waals surface area contributed by atoms with Crippen molar-refractivity contribution in [1.82, 2.24) is 9.80 Å². The zero-order chi connectivity index (χ0) is 24.7. The molecule has 3 fully saturated rings. The molecule has 2 heterocycles. The normalized spacial score (nSPS) is 36.9. The number of phenols is 1. The SMILES string of the molecule is CCN1C(=O)C2CC=C3C(CC4(Cl)C(=O)N(C)C(=O)C4(Cl)C3c3cc(OC)ccc3O)C2C1=O. The van der Waals surface area contributed by atoms with Crippen LogP contribution < -0.4 is 4.74 Å². The molecule has 1 N–H and O–H groups in total. The quantitative estimate of drug-likeness (QED) is 0.383. The number of ether oxygens (including phenoxy) is 1. The van der Waals surface area contributed by atoms with Crippen LogP contribution in [0.15, 0.2) is 29.8 Å². The smallest absolute Gasteiger partial charge is 0.253 e. The number of halogens is 2. The fourth-order valence-electron chi connectivity index (χ4n) is 6.36. The number of aromatic hydroxyl groups is 1. The van der Waals surface area contributed by atoms with Crippen LogP contribution in [0.1, 0.15) is 31.2 Å². The molecule has 0 bridgehead atoms. The molecule has 5 rings (SSSR count). The van der Waals surface area contributed by atoms with Gasteiger partial charge in [-0.25, -0.2) is 0 Å². The lowest BCUT2D eigenvalue weighted by Gasteiger charge is -2.50. The van der Waals surface area contributed by atoms with Crippen LogP contribution in [0.5, 0.6) is 11.5 Å². The second-order valence-corrected chi connectivity index (χ2v) is 10.6. The van der Waals surface area contributed by atoms with Gasteiger partial charge in [-0.2, -0.15) is 0 Å². The standard InChI is InChI=1S/C24H24Cl2N2O6/c1-4-28-19(30)13-7-6-12-15(17(13)20(28)31)10-23(25)21(32)27(2)22(33)24(23,26)18(12)14-9-11(34-3)5-8-16(14)29/h5-6,8-9,13,15,17-18,29H,4,7,10H2,1-3H3. The molecule has 2 saturated heterocycles. The lowest BCUT2D eigenvalue weighted by Crippen LogP contribution is -2.60. The Balaban J connectivity index is 1.76. The second-order valence-electron chi connectivity index (χ2n) is 9.34. The molecule has 1 aromatic rings. The molecule has 4 amide bonds. The van der Waals surface area contributed by atoms with Gasteiger partial charge in [-0.05, 0) is 43.9 Å². The minimum Gasteiger partial charge on any atom is -0.508 e. The predicted molar refractivity (Wildman–Crippen MR) is 123 cm³/mol. The third kappa shape index (κ3) is 2.61. The molecule has 4 aliphatic rings. The third-order valence-electron chi connectivity index (χ3n) is 7.97. The summed E-state index contributed by atoms with van der Waals surface area (Å²) in [4.78, 5) is 51.3. The summed E-state index contributed by atoms with van der Waals surface area (Å²) in [6, 6.07) is 4.55. The summed E-state index contributed by atoms with van der Waals surface area (Å²) in [5.74, 6) is -4.51. The first-order valence-electron chi connectivity index (χ1n) is 11.1. The number of hydrogen-bond acceptors (Lipinski definition) is 6. The van der Waals surface area contributed by atoms with Crippen molar-refractivity contribution in [2.24, 2.45) is 17.8 Å². The van der Waals surface area contributed by atoms with Gasteiger partial charge in [-0.3, -0.25) is 29.0 Å². The highest BCUT2D eigenvalue weighted by Crippen LogP contribution is 2.66. The number of imide groups is 2. The number of carbonyl (C=O) groups excluding carboxylic acids is 4. The summed E-state index contributed by atoms with van der Waals surface area (Å²) in [5.41, 5.74) is 0.904. The van der Waals surface area contributed by atoms with Gasteiger partial charge in [0.1, 0.15) is 11.5 Å². The number of rotatable bonds is 3. The van der Waals surface area contributed by atoms with Crippen LogP contribution in [0.4, 0.5) is 0 Å². The maximum Gasteiger partial charge on any atom is 0.253 e. The number of benzene rings is 1. The number of allylic oxidation sites excluding steroid dienone is 2. The van der Waals surface area contributed by atoms with Crippen LogP contribution in [0.25, 0.3) is 0 Å². The van der Waals surface area contributed by atoms with Crippen LogP contribution in [0, 0.1) is 17.8 Å². The van der Waals surface area contributed by atoms with E-state index in [-0.39, 0.29) is 36.1 Å². The average molecular weight is 507 g/mol. The van der Waals surface area contributed by atoms with Crippen molar-refractivity contribution in [2.75, 3.05) is 20.7 Å². The third-order valence-corrected chi connectivity index (χ3v) is 9.38. The molecule has 10 heteroatoms. The Kier molecular flexibility index (Phi) is 5.08. The van der Waals surface area contributed by atoms with Gasteiger partial charge in [0.2, 0.25) is 11.8 Å². The average Bonchev–Trinajstić information content (AvgIpc) is 3.14. The maximum absolute atomic E-state index is 13.5. The first-order chi connectivity index (χ1) is 16.0. The summed E-state index contributed by atoms with van der Waals surface area (Å²) in [7, 11) is 2.79. The number of fused-ring (bicyclic) bond motifs is 4. The summed E-state index contributed by atoms with van der Waals surface area (Å²) < 4.78 is 5.33. The number of carbonyl (C=O) groups is 4. The van der Waals surface area contributed by atoms with Crippen LogP contribution in [0.3, 0.4) is 0 Å². The zero-order valence-electron chi connectivity index (χ0n) is 18.9. The van der Waals surface area contributed by atoms with Gasteiger partial charge in [-0.1, -0.05) is 11.6 Å². The lowest BCUT2D eigenvalue weighted by atomic mass is 9.56. The van der Waals surface area contributed by atoms with Crippen LogP contribution in [0.2, 0.25) is 0 Å². The monoisotopic (exact) mass is 506 g/mol. The van der Waals surface area contributed by atoms with Gasteiger partial charge in [0, 0.05) is 25.1 Å². The number of phenolic OH excluding ortho intramolecular Hbond substituents is 1. The summed E-state index contributed by atoms with van der Waals surface area (Å²) in [6.07, 6.45) is 2.05. The highest BCUT2D eigenvalue weighted by molar-refractivity contribution is 6.53. The number of likely N-dealkylation sites (tertiary alicyclic amines) is 2. The van der Waals surface area contributed by atoms with Gasteiger partial charge >= 0.3 is 0 Å². The molecule has 1 aromatic carbocycles. The molecule has 180 valence electrons. The van der Waals surface area contributed by atoms with E-state index in [0.29, 0.717) is 17.7 Å². The Morgan fingerprint density at radius 3 is 2.47 bits per heavy atom. The molecule has 2 aliphatic carbocycles. The molecule has 0 spiro atoms. The number of nitrogens with zero attached hydrogens (tertiary/aromatic N) is 2. The summed E-state index contributed by atoms with van der Waals surface area (Å²) in [6.45, 7) is 1.98. The first kappa shape index (κ1) is 23.2. The fraction of sp³-hybridized carbons (Fsp3) is 0.500. The van der Waals surface area contributed by atoms with Gasteiger partial charge < -0.3 is 9.84 Å². The highest BCUT2D eigenvalue weighted by Gasteiger charge is 2.76. The van der Waals surface area contributed by atoms with Crippen molar-refractivity contribution in [2.45, 2.75) is 35.4 Å². The molecule has 1 saturated carbocycles. The summed E-state index contributed by atoms with van der Waals surface area (Å²) in [5, 5.41) is 10.8. The van der Waals surface area contributed by atoms with Crippen LogP contribution >= 0.6 is 23.2 Å². The fourth-order valence-corrected chi connectivity index (χ4v) is 7.37. The minimum absolute atomic E-state index is 0.0717. The highest BCUT2D eigenvalue weighted by atomic mass is 35.5. The van der Waals surface area contributed by atoms with Crippen molar-refractivity contribution >= 4 is 46.8 Å². The lowest BCUT2D eigenvalue weighted by molar-refractivity contribution is -0.141. The largest absolute Gasteiger partial charge is 0.508 e. The molecular weight excluding hydrogens is 483 g/mol. The molecule has 2 aliphatic heterocycles. The van der Waals surface area contributed by atoms with E-state index < -0.39 is 45.2 Å². The summed E-state index contributed by atoms with van der Waals surface area (Å²) >= 11 is 14.1. The van der Waals surface area contributed by atoms with E-state index in [1.165, 1.54) is 25.1 Å². The number of methoxy groups -OCH3 is 1. The Labute approximate surface area is 206 Å². The second kappa shape index (κ2) is 7.46. The number of hydrogen-bond donors (Lipinski definition) is 1. The number of alkyl halides is 2. The van der Waals surface area contributed by atoms with Gasteiger partial charge in [0.15, 0.2) is 9.75 Å². The van der Waals surface area contributed by atoms with E-state index in [9.17, 15) is 24.3 Å². The van der Waals surface area contributed by atoms with E-state index in [4.69, 9.17) is 27.9 Å². The van der Waals surface area contributed by atoms with Crippen LogP contribution in [-0.4, -0.2) is 69.0 Å². The predicted octanol–water partition coefficient (Wildman–Crippen LogP) is 2.41. The van der Waals surface area contributed by atoms with Crippen molar-refractivity contribution in [3.63, 3.8) is 0 Å². The zero-order valence-corrected chi connectivity index (χ0v) is 20.4. The van der Waals surface area contributed by atoms with Gasteiger partial charge in [-0.15, -0.1) is 23.2 Å². The van der Waals surface area contributed by atoms with Crippen molar-refractivity contribution in [3.05, 3.63) is 35.4 Å². The van der Waals surface area contributed by atoms with E-state index in [1.807, 2.05) is 6.08 Å². The molecular formula is C24H24Cl2N2O6. The van der Waals surface area contributed by atoms with Crippen molar-refractivity contribution < 1.29 is 29.0 Å². The molecule has 6 atom stereocenters. The first-order valence-corrected chi connectivity index (χ1v) is 11.9. The maximum atomic E-state index is 13.5. The Morgan fingerprint density at radius 2 is 1.82 bits per heavy atom. The van der Waals surface area contributed by atoms with Gasteiger partial charge in [0.25, 0.3) is 11.8 Å². The van der Waals surface area contributed by atoms with Crippen molar-refractivity contribution in [3.8, 4) is 11.5 Å². The van der Waals surface area contributed by atoms with E-state index in [2.05, 4.69) is 0 Å².